The highest BCUT2D eigenvalue weighted by molar-refractivity contribution is 5.96. The number of aromatic amines is 2. The van der Waals surface area contributed by atoms with Gasteiger partial charge in [0.15, 0.2) is 5.76 Å². The third kappa shape index (κ3) is 3.99. The summed E-state index contributed by atoms with van der Waals surface area (Å²) in [4.78, 5) is 37.9. The number of amides is 1. The number of carbonyl (C=O) groups excluding carboxylic acids is 1. The van der Waals surface area contributed by atoms with Gasteiger partial charge in [0.25, 0.3) is 5.89 Å². The van der Waals surface area contributed by atoms with Gasteiger partial charge in [-0.15, -0.1) is 0 Å². The van der Waals surface area contributed by atoms with Crippen LogP contribution >= 0.6 is 0 Å². The van der Waals surface area contributed by atoms with E-state index >= 15 is 0 Å². The topological polar surface area (TPSA) is 147 Å². The number of rotatable bonds is 5. The molecule has 11 nitrogen and oxygen atoms in total. The Morgan fingerprint density at radius 3 is 2.73 bits per heavy atom. The van der Waals surface area contributed by atoms with Gasteiger partial charge < -0.3 is 29.0 Å². The zero-order chi connectivity index (χ0) is 22.9. The summed E-state index contributed by atoms with van der Waals surface area (Å²) in [6.07, 6.45) is 1.52. The first-order valence-electron chi connectivity index (χ1n) is 10.5. The maximum absolute atomic E-state index is 12.8. The number of piperazine rings is 1. The number of nitrogens with one attached hydrogen (secondary N) is 3. The number of furan rings is 1. The summed E-state index contributed by atoms with van der Waals surface area (Å²) in [6.45, 7) is 4.23. The van der Waals surface area contributed by atoms with Gasteiger partial charge >= 0.3 is 5.69 Å². The SMILES string of the molecule is C[C@H](C(=O)Nc1ccc2[nH]c(=O)[nH]c2c1)N1CCN(c2oc(-c3ccco3)nc2C#N)CC1. The minimum atomic E-state index is -0.364. The number of benzene rings is 1. The molecule has 0 spiro atoms. The molecule has 1 fully saturated rings. The third-order valence-electron chi connectivity index (χ3n) is 5.76. The predicted molar refractivity (Wildman–Crippen MR) is 120 cm³/mol. The van der Waals surface area contributed by atoms with Crippen LogP contribution in [0.25, 0.3) is 22.7 Å². The van der Waals surface area contributed by atoms with Crippen LogP contribution in [0.1, 0.15) is 12.6 Å². The number of hydrogen-bond donors (Lipinski definition) is 3. The highest BCUT2D eigenvalue weighted by Crippen LogP contribution is 2.29. The lowest BCUT2D eigenvalue weighted by Crippen LogP contribution is -2.52. The van der Waals surface area contributed by atoms with Gasteiger partial charge in [-0.1, -0.05) is 0 Å². The zero-order valence-corrected chi connectivity index (χ0v) is 17.8. The van der Waals surface area contributed by atoms with Gasteiger partial charge in [-0.3, -0.25) is 9.69 Å². The van der Waals surface area contributed by atoms with Crippen molar-refractivity contribution in [3.05, 3.63) is 52.8 Å². The number of aromatic nitrogens is 3. The first-order valence-corrected chi connectivity index (χ1v) is 10.5. The summed E-state index contributed by atoms with van der Waals surface area (Å²) < 4.78 is 11.1. The van der Waals surface area contributed by atoms with Gasteiger partial charge in [-0.05, 0) is 37.3 Å². The molecule has 33 heavy (non-hydrogen) atoms. The summed E-state index contributed by atoms with van der Waals surface area (Å²) in [5.41, 5.74) is 1.84. The van der Waals surface area contributed by atoms with Crippen molar-refractivity contribution in [2.24, 2.45) is 0 Å². The van der Waals surface area contributed by atoms with Crippen molar-refractivity contribution in [2.75, 3.05) is 36.4 Å². The van der Waals surface area contributed by atoms with Crippen LogP contribution in [0.15, 0.2) is 50.2 Å². The maximum atomic E-state index is 12.8. The Kier molecular flexibility index (Phi) is 5.20. The molecule has 168 valence electrons. The molecule has 1 aliphatic rings. The molecule has 3 aromatic heterocycles. The Labute approximate surface area is 187 Å². The molecule has 0 bridgehead atoms. The summed E-state index contributed by atoms with van der Waals surface area (Å²) in [5, 5.41) is 12.4. The van der Waals surface area contributed by atoms with Gasteiger partial charge in [-0.25, -0.2) is 4.79 Å². The average molecular weight is 447 g/mol. The van der Waals surface area contributed by atoms with E-state index in [1.807, 2.05) is 11.8 Å². The molecular weight excluding hydrogens is 426 g/mol. The monoisotopic (exact) mass is 447 g/mol. The van der Waals surface area contributed by atoms with Crippen molar-refractivity contribution in [3.8, 4) is 17.7 Å². The van der Waals surface area contributed by atoms with Crippen LogP contribution in [0.2, 0.25) is 0 Å². The molecule has 1 aliphatic heterocycles. The van der Waals surface area contributed by atoms with E-state index in [0.717, 1.165) is 0 Å². The molecule has 4 heterocycles. The molecule has 1 saturated heterocycles. The number of imidazole rings is 1. The van der Waals surface area contributed by atoms with Crippen LogP contribution < -0.4 is 15.9 Å². The average Bonchev–Trinajstić information content (AvgIpc) is 3.57. The first kappa shape index (κ1) is 20.6. The fraction of sp³-hybridized carbons (Fsp3) is 0.273. The molecule has 1 atom stereocenters. The molecule has 0 saturated carbocycles. The Morgan fingerprint density at radius 1 is 1.21 bits per heavy atom. The summed E-state index contributed by atoms with van der Waals surface area (Å²) in [7, 11) is 0. The summed E-state index contributed by atoms with van der Waals surface area (Å²) >= 11 is 0. The molecule has 4 aromatic rings. The Balaban J connectivity index is 1.22. The van der Waals surface area contributed by atoms with E-state index in [2.05, 4.69) is 31.2 Å². The Hall–Kier alpha value is -4.30. The van der Waals surface area contributed by atoms with Crippen LogP contribution in [-0.2, 0) is 4.79 Å². The van der Waals surface area contributed by atoms with Crippen LogP contribution in [0.5, 0.6) is 0 Å². The third-order valence-corrected chi connectivity index (χ3v) is 5.76. The van der Waals surface area contributed by atoms with E-state index in [1.165, 1.54) is 6.26 Å². The minimum absolute atomic E-state index is 0.141. The second kappa shape index (κ2) is 8.33. The van der Waals surface area contributed by atoms with E-state index in [0.29, 0.717) is 54.5 Å². The van der Waals surface area contributed by atoms with Gasteiger partial charge in [0.2, 0.25) is 17.5 Å². The molecular formula is C22H21N7O4. The molecule has 5 rings (SSSR count). The lowest BCUT2D eigenvalue weighted by Gasteiger charge is -2.37. The maximum Gasteiger partial charge on any atom is 0.323 e. The number of H-pyrrole nitrogens is 2. The lowest BCUT2D eigenvalue weighted by molar-refractivity contribution is -0.120. The minimum Gasteiger partial charge on any atom is -0.459 e. The van der Waals surface area contributed by atoms with E-state index in [4.69, 9.17) is 8.83 Å². The fourth-order valence-electron chi connectivity index (χ4n) is 3.94. The second-order valence-corrected chi connectivity index (χ2v) is 7.79. The first-order chi connectivity index (χ1) is 16.0. The smallest absolute Gasteiger partial charge is 0.323 e. The normalized spacial score (nSPS) is 15.5. The molecule has 0 unspecified atom stereocenters. The van der Waals surface area contributed by atoms with E-state index in [9.17, 15) is 14.9 Å². The quantitative estimate of drug-likeness (QED) is 0.421. The van der Waals surface area contributed by atoms with E-state index < -0.39 is 0 Å². The second-order valence-electron chi connectivity index (χ2n) is 7.79. The van der Waals surface area contributed by atoms with E-state index in [-0.39, 0.29) is 29.2 Å². The molecule has 1 amide bonds. The summed E-state index contributed by atoms with van der Waals surface area (Å²) in [5.74, 6) is 0.999. The van der Waals surface area contributed by atoms with Crippen molar-refractivity contribution in [1.29, 1.82) is 5.26 Å². The number of hydrogen-bond acceptors (Lipinski definition) is 8. The van der Waals surface area contributed by atoms with Gasteiger partial charge in [-0.2, -0.15) is 10.2 Å². The van der Waals surface area contributed by atoms with E-state index in [1.54, 1.807) is 30.3 Å². The number of anilines is 2. The van der Waals surface area contributed by atoms with Crippen molar-refractivity contribution >= 4 is 28.5 Å². The highest BCUT2D eigenvalue weighted by Gasteiger charge is 2.29. The molecule has 3 N–H and O–H groups in total. The molecule has 0 aliphatic carbocycles. The Bertz CT molecular complexity index is 1380. The number of carbonyl (C=O) groups is 1. The molecule has 11 heteroatoms. The standard InChI is InChI=1S/C22H21N7O4/c1-13(19(30)24-14-4-5-15-16(11-14)27-22(31)26-15)28-6-8-29(9-7-28)21-17(12-23)25-20(33-21)18-3-2-10-32-18/h2-5,10-11,13H,6-9H2,1H3,(H,24,30)(H2,26,27,31)/t13-/m1/s1. The predicted octanol–water partition coefficient (Wildman–Crippen LogP) is 2.13. The van der Waals surface area contributed by atoms with Crippen LogP contribution in [0.4, 0.5) is 11.6 Å². The number of nitriles is 1. The largest absolute Gasteiger partial charge is 0.459 e. The number of fused-ring (bicyclic) bond motifs is 1. The van der Waals surface area contributed by atoms with Crippen molar-refractivity contribution in [2.45, 2.75) is 13.0 Å². The van der Waals surface area contributed by atoms with Gasteiger partial charge in [0.05, 0.1) is 23.3 Å². The van der Waals surface area contributed by atoms with Crippen LogP contribution in [0.3, 0.4) is 0 Å². The van der Waals surface area contributed by atoms with Crippen LogP contribution in [0, 0.1) is 11.3 Å². The lowest BCUT2D eigenvalue weighted by atomic mass is 10.2. The Morgan fingerprint density at radius 2 is 2.00 bits per heavy atom. The van der Waals surface area contributed by atoms with Crippen molar-refractivity contribution in [3.63, 3.8) is 0 Å². The molecule has 1 aromatic carbocycles. The highest BCUT2D eigenvalue weighted by atomic mass is 16.4. The molecule has 0 radical (unpaired) electrons. The number of oxazole rings is 1. The van der Waals surface area contributed by atoms with Gasteiger partial charge in [0.1, 0.15) is 6.07 Å². The van der Waals surface area contributed by atoms with Gasteiger partial charge in [0, 0.05) is 31.9 Å². The van der Waals surface area contributed by atoms with Crippen LogP contribution in [-0.4, -0.2) is 58.0 Å². The van der Waals surface area contributed by atoms with Crippen molar-refractivity contribution in [1.82, 2.24) is 19.9 Å². The zero-order valence-electron chi connectivity index (χ0n) is 17.8. The summed E-state index contributed by atoms with van der Waals surface area (Å²) in [6, 6.07) is 10.4. The fourth-order valence-corrected chi connectivity index (χ4v) is 3.94. The van der Waals surface area contributed by atoms with Crippen molar-refractivity contribution < 1.29 is 13.6 Å². The number of nitrogens with zero attached hydrogens (tertiary/aromatic N) is 4.